The number of anilines is 1. The van der Waals surface area contributed by atoms with E-state index in [1.165, 1.54) is 12.1 Å². The summed E-state index contributed by atoms with van der Waals surface area (Å²) in [6.07, 6.45) is -4.70. The van der Waals surface area contributed by atoms with Crippen molar-refractivity contribution in [3.05, 3.63) is 57.6 Å². The van der Waals surface area contributed by atoms with Crippen LogP contribution in [0, 0.1) is 0 Å². The van der Waals surface area contributed by atoms with Gasteiger partial charge in [0.1, 0.15) is 4.90 Å². The van der Waals surface area contributed by atoms with E-state index in [4.69, 9.17) is 28.3 Å². The molecule has 5 nitrogen and oxygen atoms in total. The second-order valence-electron chi connectivity index (χ2n) is 4.84. The zero-order valence-corrected chi connectivity index (χ0v) is 14.4. The Morgan fingerprint density at radius 2 is 1.64 bits per heavy atom. The normalized spacial score (nSPS) is 12.1. The number of nitrogens with two attached hydrogens (primary N) is 1. The molecular weight excluding hydrogens is 404 g/mol. The predicted molar refractivity (Wildman–Crippen MR) is 87.2 cm³/mol. The smallest absolute Gasteiger partial charge is 0.322 e. The number of nitrogens with one attached hydrogen (secondary N) is 1. The van der Waals surface area contributed by atoms with Crippen LogP contribution < -0.4 is 10.5 Å². The summed E-state index contributed by atoms with van der Waals surface area (Å²) in [5.74, 6) is -0.850. The van der Waals surface area contributed by atoms with Crippen LogP contribution in [0.3, 0.4) is 0 Å². The quantitative estimate of drug-likeness (QED) is 0.800. The van der Waals surface area contributed by atoms with Gasteiger partial charge in [-0.1, -0.05) is 23.2 Å². The van der Waals surface area contributed by atoms with Crippen molar-refractivity contribution in [3.8, 4) is 0 Å². The summed E-state index contributed by atoms with van der Waals surface area (Å²) in [5.41, 5.74) is -1.45. The van der Waals surface area contributed by atoms with Crippen LogP contribution >= 0.6 is 23.2 Å². The number of sulfonamides is 1. The molecule has 25 heavy (non-hydrogen) atoms. The molecule has 0 saturated carbocycles. The Bertz CT molecular complexity index is 947. The van der Waals surface area contributed by atoms with Gasteiger partial charge in [0.05, 0.1) is 15.6 Å². The molecule has 1 amide bonds. The summed E-state index contributed by atoms with van der Waals surface area (Å²) in [4.78, 5) is 11.7. The molecule has 0 saturated heterocycles. The minimum absolute atomic E-state index is 0.156. The minimum atomic E-state index is -4.70. The van der Waals surface area contributed by atoms with Crippen LogP contribution in [0.1, 0.15) is 15.9 Å². The van der Waals surface area contributed by atoms with Crippen LogP contribution in [0.5, 0.6) is 0 Å². The monoisotopic (exact) mass is 412 g/mol. The summed E-state index contributed by atoms with van der Waals surface area (Å²) in [5, 5.41) is 6.49. The zero-order valence-electron chi connectivity index (χ0n) is 12.1. The van der Waals surface area contributed by atoms with Gasteiger partial charge in [-0.25, -0.2) is 13.6 Å². The molecule has 2 aromatic rings. The number of benzene rings is 2. The highest BCUT2D eigenvalue weighted by Crippen LogP contribution is 2.36. The first-order valence-electron chi connectivity index (χ1n) is 6.40. The topological polar surface area (TPSA) is 89.3 Å². The SMILES string of the molecule is NS(=O)(=O)c1cc(C(=O)Nc2ccc(Cl)c(C(F)(F)F)c2)ccc1Cl. The molecule has 0 fully saturated rings. The molecule has 0 aliphatic heterocycles. The predicted octanol–water partition coefficient (Wildman–Crippen LogP) is 3.91. The van der Waals surface area contributed by atoms with Crippen molar-refractivity contribution in [3.63, 3.8) is 0 Å². The summed E-state index contributed by atoms with van der Waals surface area (Å²) in [7, 11) is -4.17. The first-order valence-corrected chi connectivity index (χ1v) is 8.70. The van der Waals surface area contributed by atoms with Crippen molar-refractivity contribution in [1.29, 1.82) is 0 Å². The summed E-state index contributed by atoms with van der Waals surface area (Å²) >= 11 is 11.2. The molecule has 2 rings (SSSR count). The fourth-order valence-corrected chi connectivity index (χ4v) is 3.18. The lowest BCUT2D eigenvalue weighted by molar-refractivity contribution is -0.137. The lowest BCUT2D eigenvalue weighted by Gasteiger charge is -2.12. The van der Waals surface area contributed by atoms with Crippen LogP contribution in [0.4, 0.5) is 18.9 Å². The Balaban J connectivity index is 2.35. The van der Waals surface area contributed by atoms with Crippen LogP contribution in [-0.2, 0) is 16.2 Å². The van der Waals surface area contributed by atoms with Gasteiger partial charge < -0.3 is 5.32 Å². The van der Waals surface area contributed by atoms with Crippen LogP contribution in [0.2, 0.25) is 10.0 Å². The number of carbonyl (C=O) groups is 1. The molecule has 3 N–H and O–H groups in total. The average molecular weight is 413 g/mol. The summed E-state index contributed by atoms with van der Waals surface area (Å²) in [6.45, 7) is 0. The number of amides is 1. The highest BCUT2D eigenvalue weighted by Gasteiger charge is 2.33. The van der Waals surface area contributed by atoms with E-state index in [1.54, 1.807) is 0 Å². The van der Waals surface area contributed by atoms with E-state index in [-0.39, 0.29) is 16.3 Å². The first kappa shape index (κ1) is 19.5. The Kier molecular flexibility index (Phi) is 5.33. The molecule has 0 aliphatic carbocycles. The van der Waals surface area contributed by atoms with E-state index >= 15 is 0 Å². The number of rotatable bonds is 3. The number of alkyl halides is 3. The van der Waals surface area contributed by atoms with E-state index < -0.39 is 37.6 Å². The van der Waals surface area contributed by atoms with E-state index in [2.05, 4.69) is 5.32 Å². The van der Waals surface area contributed by atoms with Gasteiger partial charge in [0, 0.05) is 11.3 Å². The van der Waals surface area contributed by atoms with Crippen molar-refractivity contribution in [2.24, 2.45) is 5.14 Å². The maximum absolute atomic E-state index is 12.8. The van der Waals surface area contributed by atoms with E-state index in [1.807, 2.05) is 0 Å². The van der Waals surface area contributed by atoms with Crippen molar-refractivity contribution in [1.82, 2.24) is 0 Å². The molecular formula is C14H9Cl2F3N2O3S. The molecule has 0 aliphatic rings. The van der Waals surface area contributed by atoms with Crippen molar-refractivity contribution < 1.29 is 26.4 Å². The van der Waals surface area contributed by atoms with E-state index in [0.717, 1.165) is 18.2 Å². The molecule has 0 atom stereocenters. The third-order valence-electron chi connectivity index (χ3n) is 3.03. The van der Waals surface area contributed by atoms with Gasteiger partial charge in [0.15, 0.2) is 0 Å². The maximum atomic E-state index is 12.8. The fourth-order valence-electron chi connectivity index (χ4n) is 1.89. The van der Waals surface area contributed by atoms with Gasteiger partial charge in [-0.15, -0.1) is 0 Å². The number of primary sulfonamides is 1. The number of hydrogen-bond acceptors (Lipinski definition) is 3. The fraction of sp³-hybridized carbons (Fsp3) is 0.0714. The number of halogens is 5. The van der Waals surface area contributed by atoms with Crippen LogP contribution in [0.15, 0.2) is 41.3 Å². The lowest BCUT2D eigenvalue weighted by atomic mass is 10.1. The second kappa shape index (κ2) is 6.83. The maximum Gasteiger partial charge on any atom is 0.417 e. The molecule has 2 aromatic carbocycles. The lowest BCUT2D eigenvalue weighted by Crippen LogP contribution is -2.16. The zero-order chi connectivity index (χ0) is 19.0. The van der Waals surface area contributed by atoms with Crippen LogP contribution in [0.25, 0.3) is 0 Å². The highest BCUT2D eigenvalue weighted by molar-refractivity contribution is 7.89. The molecule has 0 radical (unpaired) electrons. The average Bonchev–Trinajstić information content (AvgIpc) is 2.47. The Hall–Kier alpha value is -1.81. The van der Waals surface area contributed by atoms with Gasteiger partial charge in [-0.05, 0) is 36.4 Å². The van der Waals surface area contributed by atoms with Gasteiger partial charge in [-0.2, -0.15) is 13.2 Å². The van der Waals surface area contributed by atoms with Crippen molar-refractivity contribution in [2.45, 2.75) is 11.1 Å². The largest absolute Gasteiger partial charge is 0.417 e. The van der Waals surface area contributed by atoms with Crippen LogP contribution in [-0.4, -0.2) is 14.3 Å². The Labute approximate surface area is 150 Å². The summed E-state index contributed by atoms with van der Waals surface area (Å²) < 4.78 is 61.3. The summed E-state index contributed by atoms with van der Waals surface area (Å²) in [6, 6.07) is 6.08. The van der Waals surface area contributed by atoms with E-state index in [9.17, 15) is 26.4 Å². The van der Waals surface area contributed by atoms with Gasteiger partial charge >= 0.3 is 6.18 Å². The second-order valence-corrected chi connectivity index (χ2v) is 7.18. The van der Waals surface area contributed by atoms with Gasteiger partial charge in [-0.3, -0.25) is 4.79 Å². The van der Waals surface area contributed by atoms with Gasteiger partial charge in [0.25, 0.3) is 5.91 Å². The number of hydrogen-bond donors (Lipinski definition) is 2. The molecule has 0 spiro atoms. The Morgan fingerprint density at radius 3 is 2.20 bits per heavy atom. The third kappa shape index (κ3) is 4.63. The standard InChI is InChI=1S/C14H9Cl2F3N2O3S/c15-10-4-2-8(6-9(10)14(17,18)19)21-13(22)7-1-3-11(16)12(5-7)25(20,23)24/h1-6H,(H,21,22)(H2,20,23,24). The molecule has 0 unspecified atom stereocenters. The third-order valence-corrected chi connectivity index (χ3v) is 4.75. The minimum Gasteiger partial charge on any atom is -0.322 e. The van der Waals surface area contributed by atoms with Gasteiger partial charge in [0.2, 0.25) is 10.0 Å². The molecule has 0 aromatic heterocycles. The Morgan fingerprint density at radius 1 is 1.04 bits per heavy atom. The first-order chi connectivity index (χ1) is 11.4. The molecule has 0 heterocycles. The number of carbonyl (C=O) groups excluding carboxylic acids is 1. The molecule has 134 valence electrons. The molecule has 0 bridgehead atoms. The van der Waals surface area contributed by atoms with Crippen molar-refractivity contribution in [2.75, 3.05) is 5.32 Å². The molecule has 11 heteroatoms. The highest BCUT2D eigenvalue weighted by atomic mass is 35.5. The van der Waals surface area contributed by atoms with E-state index in [0.29, 0.717) is 6.07 Å². The van der Waals surface area contributed by atoms with Crippen molar-refractivity contribution >= 4 is 44.8 Å².